The third kappa shape index (κ3) is 8.80. The summed E-state index contributed by atoms with van der Waals surface area (Å²) in [7, 11) is 0.282. The molecule has 0 spiro atoms. The molecule has 4 atom stereocenters. The van der Waals surface area contributed by atoms with Crippen LogP contribution in [0.25, 0.3) is 11.1 Å². The SMILES string of the molecule is c1ccc(-c2ccc(P3CCCCCCCCCCCCPP(c4ccccc4)P3c3ccccc3)cc2)cc1. The van der Waals surface area contributed by atoms with Gasteiger partial charge in [-0.25, -0.2) is 0 Å². The summed E-state index contributed by atoms with van der Waals surface area (Å²) < 4.78 is 0. The highest BCUT2D eigenvalue weighted by atomic mass is 32.6. The first kappa shape index (κ1) is 30.1. The van der Waals surface area contributed by atoms with Gasteiger partial charge in [-0.05, 0) is 74.4 Å². The molecule has 40 heavy (non-hydrogen) atoms. The van der Waals surface area contributed by atoms with E-state index < -0.39 is 0 Å². The molecule has 1 aliphatic rings. The molecule has 0 bridgehead atoms. The molecule has 1 saturated heterocycles. The van der Waals surface area contributed by atoms with Crippen molar-refractivity contribution < 1.29 is 0 Å². The maximum atomic E-state index is 2.51. The Balaban J connectivity index is 1.53. The summed E-state index contributed by atoms with van der Waals surface area (Å²) in [6.45, 7) is 0. The molecule has 1 heterocycles. The third-order valence-electron chi connectivity index (χ3n) is 7.74. The first-order valence-corrected chi connectivity index (χ1v) is 22.9. The van der Waals surface area contributed by atoms with Crippen LogP contribution in [0.2, 0.25) is 0 Å². The molecule has 4 heteroatoms. The molecule has 0 aliphatic carbocycles. The lowest BCUT2D eigenvalue weighted by Gasteiger charge is -2.36. The zero-order valence-corrected chi connectivity index (χ0v) is 27.5. The summed E-state index contributed by atoms with van der Waals surface area (Å²) in [6, 6.07) is 44.1. The summed E-state index contributed by atoms with van der Waals surface area (Å²) in [4.78, 5) is 0. The fourth-order valence-electron chi connectivity index (χ4n) is 5.54. The minimum atomic E-state index is -0.288. The van der Waals surface area contributed by atoms with E-state index in [4.69, 9.17) is 0 Å². The van der Waals surface area contributed by atoms with Crippen LogP contribution < -0.4 is 15.9 Å². The van der Waals surface area contributed by atoms with Gasteiger partial charge in [0.15, 0.2) is 0 Å². The van der Waals surface area contributed by atoms with E-state index in [1.807, 2.05) is 0 Å². The number of rotatable bonds is 4. The van der Waals surface area contributed by atoms with Gasteiger partial charge in [0.25, 0.3) is 0 Å². The Hall–Kier alpha value is -1.40. The highest BCUT2D eigenvalue weighted by Crippen LogP contribution is 2.90. The van der Waals surface area contributed by atoms with Gasteiger partial charge in [-0.3, -0.25) is 0 Å². The fourth-order valence-corrected chi connectivity index (χ4v) is 31.0. The molecule has 0 radical (unpaired) electrons. The molecular weight excluding hydrogens is 556 g/mol. The Morgan fingerprint density at radius 1 is 0.400 bits per heavy atom. The molecule has 4 aromatic carbocycles. The van der Waals surface area contributed by atoms with Gasteiger partial charge in [0.2, 0.25) is 0 Å². The maximum absolute atomic E-state index is 2.51. The number of hydrogen-bond donors (Lipinski definition) is 0. The average Bonchev–Trinajstić information content (AvgIpc) is 3.02. The Kier molecular flexibility index (Phi) is 12.7. The molecule has 208 valence electrons. The second-order valence-electron chi connectivity index (χ2n) is 10.8. The van der Waals surface area contributed by atoms with E-state index in [-0.39, 0.29) is 22.2 Å². The molecule has 4 aromatic rings. The second kappa shape index (κ2) is 16.9. The van der Waals surface area contributed by atoms with Crippen LogP contribution in [-0.2, 0) is 0 Å². The Morgan fingerprint density at radius 3 is 1.48 bits per heavy atom. The van der Waals surface area contributed by atoms with Crippen molar-refractivity contribution in [1.29, 1.82) is 0 Å². The highest BCUT2D eigenvalue weighted by molar-refractivity contribution is 8.78. The molecule has 4 unspecified atom stereocenters. The van der Waals surface area contributed by atoms with E-state index in [1.165, 1.54) is 87.7 Å². The fraction of sp³-hybridized carbons (Fsp3) is 0.333. The summed E-state index contributed by atoms with van der Waals surface area (Å²) >= 11 is 0. The van der Waals surface area contributed by atoms with Crippen molar-refractivity contribution in [2.24, 2.45) is 0 Å². The Bertz CT molecular complexity index is 1230. The van der Waals surface area contributed by atoms with Gasteiger partial charge in [-0.2, -0.15) is 0 Å². The minimum absolute atomic E-state index is 0.220. The van der Waals surface area contributed by atoms with E-state index >= 15 is 0 Å². The van der Waals surface area contributed by atoms with Gasteiger partial charge < -0.3 is 0 Å². The first-order valence-electron chi connectivity index (χ1n) is 15.3. The van der Waals surface area contributed by atoms with Gasteiger partial charge in [0.1, 0.15) is 0 Å². The van der Waals surface area contributed by atoms with Gasteiger partial charge >= 0.3 is 0 Å². The summed E-state index contributed by atoms with van der Waals surface area (Å²) in [6.07, 6.45) is 17.0. The largest absolute Gasteiger partial charge is 0.0862 e. The van der Waals surface area contributed by atoms with Crippen molar-refractivity contribution in [2.45, 2.75) is 64.2 Å². The normalized spacial score (nSPS) is 22.6. The first-order chi connectivity index (χ1) is 19.9. The van der Waals surface area contributed by atoms with Crippen LogP contribution in [0.1, 0.15) is 64.2 Å². The van der Waals surface area contributed by atoms with Crippen molar-refractivity contribution in [1.82, 2.24) is 0 Å². The van der Waals surface area contributed by atoms with Crippen LogP contribution in [0.4, 0.5) is 0 Å². The molecule has 0 nitrogen and oxygen atoms in total. The van der Waals surface area contributed by atoms with Crippen LogP contribution in [0.5, 0.6) is 0 Å². The lowest BCUT2D eigenvalue weighted by atomic mass is 10.1. The van der Waals surface area contributed by atoms with Gasteiger partial charge in [0.05, 0.1) is 0 Å². The lowest BCUT2D eigenvalue weighted by Crippen LogP contribution is -2.10. The van der Waals surface area contributed by atoms with Crippen LogP contribution in [-0.4, -0.2) is 12.3 Å². The van der Waals surface area contributed by atoms with E-state index in [1.54, 1.807) is 15.9 Å². The molecule has 0 amide bonds. The van der Waals surface area contributed by atoms with Crippen molar-refractivity contribution in [3.63, 3.8) is 0 Å². The summed E-state index contributed by atoms with van der Waals surface area (Å²) in [5.41, 5.74) is 2.66. The van der Waals surface area contributed by atoms with Crippen LogP contribution in [0.15, 0.2) is 115 Å². The predicted octanol–water partition coefficient (Wildman–Crippen LogP) is 11.4. The monoisotopic (exact) mass is 600 g/mol. The summed E-state index contributed by atoms with van der Waals surface area (Å²) in [5, 5.41) is 4.90. The van der Waals surface area contributed by atoms with Crippen LogP contribution >= 0.6 is 30.5 Å². The van der Waals surface area contributed by atoms with E-state index in [2.05, 4.69) is 115 Å². The Labute approximate surface area is 248 Å². The minimum Gasteiger partial charge on any atom is -0.0862 e. The van der Waals surface area contributed by atoms with E-state index in [9.17, 15) is 0 Å². The quantitative estimate of drug-likeness (QED) is 0.205. The standard InChI is InChI=1S/C36H44P4/c1-2-4-6-8-19-31-38(34-28-26-33(27-29-34)32-20-12-9-13-21-32)40(36-24-16-11-17-25-36)39(35-22-14-10-15-23-35)37-30-18-7-5-3-1/h9-17,20-29,37H,1-8,18-19,30-31H2. The lowest BCUT2D eigenvalue weighted by molar-refractivity contribution is 0.563. The number of hydrogen-bond acceptors (Lipinski definition) is 0. The Morgan fingerprint density at radius 2 is 0.875 bits per heavy atom. The third-order valence-corrected chi connectivity index (χ3v) is 29.0. The maximum Gasteiger partial charge on any atom is -0.0117 e. The van der Waals surface area contributed by atoms with Crippen molar-refractivity contribution in [2.75, 3.05) is 12.3 Å². The highest BCUT2D eigenvalue weighted by Gasteiger charge is 2.32. The second-order valence-corrected chi connectivity index (χ2v) is 25.0. The van der Waals surface area contributed by atoms with Crippen LogP contribution in [0.3, 0.4) is 0 Å². The molecule has 1 fully saturated rings. The smallest absolute Gasteiger partial charge is 0.0117 e. The van der Waals surface area contributed by atoms with Crippen molar-refractivity contribution in [3.05, 3.63) is 115 Å². The van der Waals surface area contributed by atoms with Gasteiger partial charge in [-0.1, -0.05) is 175 Å². The zero-order chi connectivity index (χ0) is 27.2. The van der Waals surface area contributed by atoms with Gasteiger partial charge in [-0.15, -0.1) is 0 Å². The molecule has 5 rings (SSSR count). The van der Waals surface area contributed by atoms with Gasteiger partial charge in [0, 0.05) is 0 Å². The van der Waals surface area contributed by atoms with Crippen LogP contribution in [0, 0.1) is 0 Å². The molecule has 0 N–H and O–H groups in total. The molecule has 0 aromatic heterocycles. The van der Waals surface area contributed by atoms with E-state index in [0.717, 1.165) is 8.27 Å². The van der Waals surface area contributed by atoms with Crippen molar-refractivity contribution >= 4 is 46.4 Å². The average molecular weight is 601 g/mol. The molecular formula is C36H44P4. The van der Waals surface area contributed by atoms with Crippen molar-refractivity contribution in [3.8, 4) is 11.1 Å². The summed E-state index contributed by atoms with van der Waals surface area (Å²) in [5.74, 6) is 0. The predicted molar refractivity (Wildman–Crippen MR) is 189 cm³/mol. The zero-order valence-electron chi connectivity index (χ0n) is 23.8. The topological polar surface area (TPSA) is 0 Å². The molecule has 0 saturated carbocycles. The number of benzene rings is 4. The molecule has 1 aliphatic heterocycles. The van der Waals surface area contributed by atoms with E-state index in [0.29, 0.717) is 0 Å².